The molecule has 0 saturated heterocycles. The fourth-order valence-electron chi connectivity index (χ4n) is 4.77. The van der Waals surface area contributed by atoms with Crippen molar-refractivity contribution in [2.45, 2.75) is 61.6 Å². The van der Waals surface area contributed by atoms with E-state index < -0.39 is 12.5 Å². The Bertz CT molecular complexity index is 971. The van der Waals surface area contributed by atoms with Crippen molar-refractivity contribution in [3.05, 3.63) is 35.1 Å². The second kappa shape index (κ2) is 7.06. The van der Waals surface area contributed by atoms with E-state index in [1.165, 1.54) is 4.80 Å². The van der Waals surface area contributed by atoms with E-state index in [-0.39, 0.29) is 42.4 Å². The van der Waals surface area contributed by atoms with Crippen LogP contribution in [-0.4, -0.2) is 50.7 Å². The molecule has 6 rings (SSSR count). The molecule has 0 spiro atoms. The van der Waals surface area contributed by atoms with Crippen LogP contribution in [0.4, 0.5) is 13.2 Å². The Hall–Kier alpha value is -2.40. The van der Waals surface area contributed by atoms with Gasteiger partial charge in [-0.25, -0.2) is 0 Å². The van der Waals surface area contributed by atoms with Crippen LogP contribution in [-0.2, 0) is 14.9 Å². The van der Waals surface area contributed by atoms with Crippen molar-refractivity contribution in [2.75, 3.05) is 6.61 Å². The highest BCUT2D eigenvalue weighted by Gasteiger charge is 2.71. The van der Waals surface area contributed by atoms with Crippen molar-refractivity contribution < 1.29 is 27.4 Å². The molecule has 1 amide bonds. The molecule has 4 fully saturated rings. The summed E-state index contributed by atoms with van der Waals surface area (Å²) in [6, 6.07) is 6.53. The third-order valence-corrected chi connectivity index (χ3v) is 6.47. The van der Waals surface area contributed by atoms with E-state index in [4.69, 9.17) is 16.3 Å². The summed E-state index contributed by atoms with van der Waals surface area (Å²) in [6.07, 6.45) is -2.94. The van der Waals surface area contributed by atoms with E-state index in [2.05, 4.69) is 25.5 Å². The molecule has 1 N–H and O–H groups in total. The average Bonchev–Trinajstić information content (AvgIpc) is 3.07. The number of amides is 1. The Morgan fingerprint density at radius 3 is 2.55 bits per heavy atom. The number of rotatable bonds is 7. The number of nitrogens with zero attached hydrogens (tertiary/aromatic N) is 4. The van der Waals surface area contributed by atoms with E-state index in [9.17, 15) is 18.0 Å². The van der Waals surface area contributed by atoms with E-state index in [0.29, 0.717) is 35.9 Å². The molecule has 1 aromatic carbocycles. The quantitative estimate of drug-likeness (QED) is 0.687. The van der Waals surface area contributed by atoms with Gasteiger partial charge in [-0.15, -0.1) is 23.4 Å². The van der Waals surface area contributed by atoms with Gasteiger partial charge in [-0.3, -0.25) is 9.53 Å². The molecule has 1 heterocycles. The predicted octanol–water partition coefficient (Wildman–Crippen LogP) is 2.94. The van der Waals surface area contributed by atoms with Gasteiger partial charge in [-0.05, 0) is 61.6 Å². The van der Waals surface area contributed by atoms with Crippen molar-refractivity contribution in [3.8, 4) is 5.75 Å². The number of carbonyl (C=O) groups excluding carboxylic acids is 1. The van der Waals surface area contributed by atoms with Crippen LogP contribution < -0.4 is 10.1 Å². The molecule has 0 radical (unpaired) electrons. The lowest BCUT2D eigenvalue weighted by molar-refractivity contribution is -0.353. The largest absolute Gasteiger partial charge is 0.522 e. The Kier molecular flexibility index (Phi) is 4.67. The molecule has 1 aromatic heterocycles. The van der Waals surface area contributed by atoms with Crippen LogP contribution in [0.2, 0.25) is 5.02 Å². The second-order valence-electron chi connectivity index (χ2n) is 8.63. The molecule has 8 nitrogen and oxygen atoms in total. The van der Waals surface area contributed by atoms with E-state index in [1.54, 1.807) is 24.3 Å². The molecule has 12 heteroatoms. The van der Waals surface area contributed by atoms with Gasteiger partial charge in [-0.2, -0.15) is 4.80 Å². The van der Waals surface area contributed by atoms with Crippen molar-refractivity contribution in [1.82, 2.24) is 25.5 Å². The molecule has 2 bridgehead atoms. The fraction of sp³-hybridized carbons (Fsp3) is 0.579. The molecule has 4 aliphatic rings. The molecule has 166 valence electrons. The zero-order valence-corrected chi connectivity index (χ0v) is 17.0. The SMILES string of the molecule is O=C(COc1ccc(Cl)cc1)NC12CC(c3nnn(C4CC(OC(F)(F)F)C4)n3)(C1)C2. The van der Waals surface area contributed by atoms with E-state index in [1.807, 2.05) is 0 Å². The maximum Gasteiger partial charge on any atom is 0.522 e. The zero-order chi connectivity index (χ0) is 21.9. The highest BCUT2D eigenvalue weighted by Crippen LogP contribution is 2.67. The molecule has 4 aliphatic carbocycles. The molecule has 0 aliphatic heterocycles. The Morgan fingerprint density at radius 1 is 1.23 bits per heavy atom. The fourth-order valence-corrected chi connectivity index (χ4v) is 4.90. The van der Waals surface area contributed by atoms with Gasteiger partial charge < -0.3 is 10.1 Å². The number of ether oxygens (including phenoxy) is 2. The van der Waals surface area contributed by atoms with Gasteiger partial charge in [0.05, 0.1) is 12.1 Å². The third-order valence-electron chi connectivity index (χ3n) is 6.22. The minimum Gasteiger partial charge on any atom is -0.484 e. The lowest BCUT2D eigenvalue weighted by Gasteiger charge is -2.68. The van der Waals surface area contributed by atoms with Crippen molar-refractivity contribution in [1.29, 1.82) is 0 Å². The molecular weight excluding hydrogens is 439 g/mol. The normalized spacial score (nSPS) is 31.2. The van der Waals surface area contributed by atoms with Crippen molar-refractivity contribution in [2.24, 2.45) is 0 Å². The van der Waals surface area contributed by atoms with Crippen LogP contribution in [0.15, 0.2) is 24.3 Å². The molecule has 0 atom stereocenters. The first-order chi connectivity index (χ1) is 14.6. The number of hydrogen-bond donors (Lipinski definition) is 1. The first kappa shape index (κ1) is 20.5. The molecule has 4 saturated carbocycles. The zero-order valence-electron chi connectivity index (χ0n) is 16.2. The predicted molar refractivity (Wildman–Crippen MR) is 100 cm³/mol. The summed E-state index contributed by atoms with van der Waals surface area (Å²) in [5, 5.41) is 16.1. The summed E-state index contributed by atoms with van der Waals surface area (Å²) in [7, 11) is 0. The molecule has 31 heavy (non-hydrogen) atoms. The monoisotopic (exact) mass is 457 g/mol. The molecule has 0 unspecified atom stereocenters. The summed E-state index contributed by atoms with van der Waals surface area (Å²) in [5.74, 6) is 0.944. The summed E-state index contributed by atoms with van der Waals surface area (Å²) in [4.78, 5) is 13.6. The van der Waals surface area contributed by atoms with E-state index >= 15 is 0 Å². The molecule has 2 aromatic rings. The Morgan fingerprint density at radius 2 is 1.90 bits per heavy atom. The number of alkyl halides is 3. The lowest BCUT2D eigenvalue weighted by atomic mass is 9.39. The number of halogens is 4. The summed E-state index contributed by atoms with van der Waals surface area (Å²) in [5.41, 5.74) is -0.484. The van der Waals surface area contributed by atoms with Gasteiger partial charge in [0.25, 0.3) is 5.91 Å². The van der Waals surface area contributed by atoms with Crippen LogP contribution in [0.1, 0.15) is 44.0 Å². The van der Waals surface area contributed by atoms with Gasteiger partial charge in [0.1, 0.15) is 5.75 Å². The highest BCUT2D eigenvalue weighted by molar-refractivity contribution is 6.30. The highest BCUT2D eigenvalue weighted by atomic mass is 35.5. The minimum atomic E-state index is -4.62. The number of hydrogen-bond acceptors (Lipinski definition) is 6. The Balaban J connectivity index is 1.08. The number of tetrazole rings is 1. The average molecular weight is 458 g/mol. The van der Waals surface area contributed by atoms with Crippen LogP contribution >= 0.6 is 11.6 Å². The standard InChI is InChI=1S/C19H19ClF3N5O3/c20-11-1-3-13(4-2-11)30-7-15(29)24-18-8-17(9-18,10-18)16-25-27-28(26-16)12-5-14(6-12)31-19(21,22)23/h1-4,12,14H,5-10H2,(H,24,29). The van der Waals surface area contributed by atoms with Gasteiger partial charge in [0.15, 0.2) is 12.4 Å². The van der Waals surface area contributed by atoms with Crippen molar-refractivity contribution in [3.63, 3.8) is 0 Å². The topological polar surface area (TPSA) is 91.2 Å². The Labute approximate surface area is 180 Å². The molecular formula is C19H19ClF3N5O3. The number of carbonyl (C=O) groups is 1. The number of nitrogens with one attached hydrogen (secondary N) is 1. The van der Waals surface area contributed by atoms with Crippen LogP contribution in [0.3, 0.4) is 0 Å². The lowest BCUT2D eigenvalue weighted by Crippen LogP contribution is -2.77. The number of benzene rings is 1. The second-order valence-corrected chi connectivity index (χ2v) is 9.06. The summed E-state index contributed by atoms with van der Waals surface area (Å²) < 4.78 is 46.2. The van der Waals surface area contributed by atoms with Gasteiger partial charge in [-0.1, -0.05) is 11.6 Å². The first-order valence-electron chi connectivity index (χ1n) is 9.88. The third kappa shape index (κ3) is 3.96. The van der Waals surface area contributed by atoms with Crippen LogP contribution in [0, 0.1) is 0 Å². The first-order valence-corrected chi connectivity index (χ1v) is 10.3. The van der Waals surface area contributed by atoms with Crippen LogP contribution in [0.25, 0.3) is 0 Å². The number of aromatic nitrogens is 4. The minimum absolute atomic E-state index is 0.0896. The van der Waals surface area contributed by atoms with Gasteiger partial charge in [0, 0.05) is 16.0 Å². The summed E-state index contributed by atoms with van der Waals surface area (Å²) >= 11 is 5.82. The summed E-state index contributed by atoms with van der Waals surface area (Å²) in [6.45, 7) is -0.0896. The van der Waals surface area contributed by atoms with Gasteiger partial charge in [0.2, 0.25) is 0 Å². The maximum absolute atomic E-state index is 12.2. The maximum atomic E-state index is 12.2. The van der Waals surface area contributed by atoms with E-state index in [0.717, 1.165) is 0 Å². The van der Waals surface area contributed by atoms with Gasteiger partial charge >= 0.3 is 6.36 Å². The van der Waals surface area contributed by atoms with Crippen molar-refractivity contribution >= 4 is 17.5 Å². The smallest absolute Gasteiger partial charge is 0.484 e. The van der Waals surface area contributed by atoms with Crippen LogP contribution in [0.5, 0.6) is 5.75 Å².